The van der Waals surface area contributed by atoms with Crippen LogP contribution < -0.4 is 9.64 Å². The van der Waals surface area contributed by atoms with E-state index in [1.54, 1.807) is 29.0 Å². The fraction of sp³-hybridized carbons (Fsp3) is 0.536. The summed E-state index contributed by atoms with van der Waals surface area (Å²) in [5, 5.41) is 9.10. The second-order valence-corrected chi connectivity index (χ2v) is 9.95. The van der Waals surface area contributed by atoms with Crippen molar-refractivity contribution in [2.45, 2.75) is 49.9 Å². The van der Waals surface area contributed by atoms with E-state index >= 15 is 0 Å². The predicted molar refractivity (Wildman–Crippen MR) is 135 cm³/mol. The van der Waals surface area contributed by atoms with Gasteiger partial charge in [0.15, 0.2) is 0 Å². The summed E-state index contributed by atoms with van der Waals surface area (Å²) in [6.45, 7) is 1.07. The first kappa shape index (κ1) is 25.5. The summed E-state index contributed by atoms with van der Waals surface area (Å²) in [7, 11) is 1.59. The standard InChI is InChI=1S/C28H34N2O7/c1-35-20-12-10-19(11-13-20)29-16-8-14-28-23(22-21(37-28)9-4-7-18-36-27(22)34)25(32)30(24(28)26(29)33)15-5-2-3-6-17-31/h4,8-14,21-24,31H,2-3,5-7,15-18H2,1H3/t21-,22+,23+,24?,28+/m1/s1. The number of hydrogen-bond acceptors (Lipinski definition) is 7. The molecular weight excluding hydrogens is 476 g/mol. The Morgan fingerprint density at radius 1 is 1.05 bits per heavy atom. The first-order valence-corrected chi connectivity index (χ1v) is 13.1. The fourth-order valence-corrected chi connectivity index (χ4v) is 6.09. The average Bonchev–Trinajstić information content (AvgIpc) is 3.27. The number of amides is 2. The molecule has 2 amide bonds. The van der Waals surface area contributed by atoms with Crippen molar-refractivity contribution in [3.05, 3.63) is 48.6 Å². The van der Waals surface area contributed by atoms with E-state index in [1.807, 2.05) is 36.4 Å². The monoisotopic (exact) mass is 510 g/mol. The maximum Gasteiger partial charge on any atom is 0.312 e. The van der Waals surface area contributed by atoms with Crippen LogP contribution in [0.5, 0.6) is 5.75 Å². The van der Waals surface area contributed by atoms with Crippen molar-refractivity contribution in [1.82, 2.24) is 4.90 Å². The van der Waals surface area contributed by atoms with Gasteiger partial charge in [0.1, 0.15) is 23.3 Å². The molecule has 5 rings (SSSR count). The number of carbonyl (C=O) groups excluding carboxylic acids is 3. The second kappa shape index (κ2) is 10.7. The van der Waals surface area contributed by atoms with E-state index in [0.717, 1.165) is 12.8 Å². The Hall–Kier alpha value is -3.17. The average molecular weight is 511 g/mol. The van der Waals surface area contributed by atoms with Crippen molar-refractivity contribution in [3.8, 4) is 5.75 Å². The second-order valence-electron chi connectivity index (χ2n) is 9.95. The number of fused-ring (bicyclic) bond motifs is 2. The molecule has 0 aromatic heterocycles. The molecule has 2 saturated heterocycles. The molecule has 1 aromatic carbocycles. The molecule has 1 N–H and O–H groups in total. The van der Waals surface area contributed by atoms with E-state index in [2.05, 4.69) is 0 Å². The van der Waals surface area contributed by atoms with Gasteiger partial charge in [-0.3, -0.25) is 14.4 Å². The smallest absolute Gasteiger partial charge is 0.312 e. The summed E-state index contributed by atoms with van der Waals surface area (Å²) in [5.41, 5.74) is -0.571. The lowest BCUT2D eigenvalue weighted by molar-refractivity contribution is -0.154. The molecule has 4 aliphatic heterocycles. The van der Waals surface area contributed by atoms with Gasteiger partial charge in [-0.15, -0.1) is 0 Å². The number of hydrogen-bond donors (Lipinski definition) is 1. The number of methoxy groups -OCH3 is 1. The summed E-state index contributed by atoms with van der Waals surface area (Å²) in [6, 6.07) is 6.32. The molecule has 5 atom stereocenters. The molecule has 1 spiro atoms. The largest absolute Gasteiger partial charge is 0.497 e. The lowest BCUT2D eigenvalue weighted by atomic mass is 9.77. The van der Waals surface area contributed by atoms with Gasteiger partial charge in [-0.05, 0) is 43.5 Å². The molecule has 9 heteroatoms. The number of nitrogens with zero attached hydrogens (tertiary/aromatic N) is 2. The topological polar surface area (TPSA) is 106 Å². The minimum atomic E-state index is -1.26. The Labute approximate surface area is 216 Å². The van der Waals surface area contributed by atoms with Crippen molar-refractivity contribution in [2.24, 2.45) is 11.8 Å². The molecule has 0 bridgehead atoms. The van der Waals surface area contributed by atoms with Gasteiger partial charge in [0, 0.05) is 25.4 Å². The minimum absolute atomic E-state index is 0.128. The van der Waals surface area contributed by atoms with E-state index in [1.165, 1.54) is 0 Å². The number of aliphatic hydroxyl groups excluding tert-OH is 1. The van der Waals surface area contributed by atoms with Gasteiger partial charge in [-0.1, -0.05) is 37.1 Å². The highest BCUT2D eigenvalue weighted by Crippen LogP contribution is 2.53. The van der Waals surface area contributed by atoms with Crippen LogP contribution in [0.25, 0.3) is 0 Å². The van der Waals surface area contributed by atoms with Crippen LogP contribution in [0.1, 0.15) is 32.1 Å². The van der Waals surface area contributed by atoms with E-state index in [9.17, 15) is 14.4 Å². The lowest BCUT2D eigenvalue weighted by Gasteiger charge is -2.35. The van der Waals surface area contributed by atoms with E-state index < -0.39 is 35.6 Å². The molecular formula is C28H34N2O7. The number of likely N-dealkylation sites (tertiary alicyclic amines) is 1. The molecule has 1 unspecified atom stereocenters. The number of benzene rings is 1. The quantitative estimate of drug-likeness (QED) is 0.325. The number of esters is 1. The normalized spacial score (nSPS) is 30.8. The predicted octanol–water partition coefficient (Wildman–Crippen LogP) is 2.23. The molecule has 0 radical (unpaired) electrons. The number of rotatable bonds is 8. The van der Waals surface area contributed by atoms with Crippen LogP contribution in [0.15, 0.2) is 48.6 Å². The van der Waals surface area contributed by atoms with Gasteiger partial charge in [-0.25, -0.2) is 0 Å². The van der Waals surface area contributed by atoms with Crippen LogP contribution in [0.3, 0.4) is 0 Å². The Kier molecular flexibility index (Phi) is 7.35. The van der Waals surface area contributed by atoms with Gasteiger partial charge < -0.3 is 29.1 Å². The molecule has 1 aromatic rings. The number of cyclic esters (lactones) is 1. The van der Waals surface area contributed by atoms with Crippen molar-refractivity contribution in [3.63, 3.8) is 0 Å². The zero-order valence-electron chi connectivity index (χ0n) is 21.1. The van der Waals surface area contributed by atoms with Crippen LogP contribution in [0.4, 0.5) is 5.69 Å². The molecule has 4 aliphatic rings. The fourth-order valence-electron chi connectivity index (χ4n) is 6.09. The van der Waals surface area contributed by atoms with Crippen LogP contribution in [0, 0.1) is 11.8 Å². The summed E-state index contributed by atoms with van der Waals surface area (Å²) in [6.07, 6.45) is 10.4. The molecule has 0 saturated carbocycles. The van der Waals surface area contributed by atoms with Gasteiger partial charge >= 0.3 is 5.97 Å². The SMILES string of the molecule is COc1ccc(N2CC=C[C@]34O[C@@H]5C=CCCOC(=O)[C@@H]5[C@H]3C(=O)N(CCCCCCO)C4C2=O)cc1. The third-order valence-electron chi connectivity index (χ3n) is 7.81. The Bertz CT molecular complexity index is 1080. The van der Waals surface area contributed by atoms with E-state index in [4.69, 9.17) is 19.3 Å². The minimum Gasteiger partial charge on any atom is -0.497 e. The van der Waals surface area contributed by atoms with E-state index in [0.29, 0.717) is 43.8 Å². The van der Waals surface area contributed by atoms with E-state index in [-0.39, 0.29) is 25.0 Å². The van der Waals surface area contributed by atoms with Gasteiger partial charge in [0.05, 0.1) is 25.7 Å². The summed E-state index contributed by atoms with van der Waals surface area (Å²) >= 11 is 0. The molecule has 0 aliphatic carbocycles. The summed E-state index contributed by atoms with van der Waals surface area (Å²) < 4.78 is 17.3. The van der Waals surface area contributed by atoms with Crippen LogP contribution in [0.2, 0.25) is 0 Å². The van der Waals surface area contributed by atoms with Gasteiger partial charge in [0.25, 0.3) is 5.91 Å². The van der Waals surface area contributed by atoms with Crippen LogP contribution in [-0.4, -0.2) is 79.0 Å². The number of anilines is 1. The van der Waals surface area contributed by atoms with Crippen molar-refractivity contribution in [1.29, 1.82) is 0 Å². The zero-order valence-corrected chi connectivity index (χ0v) is 21.1. The highest BCUT2D eigenvalue weighted by atomic mass is 16.6. The number of carbonyl (C=O) groups is 3. The van der Waals surface area contributed by atoms with Crippen LogP contribution in [-0.2, 0) is 23.9 Å². The molecule has 37 heavy (non-hydrogen) atoms. The first-order chi connectivity index (χ1) is 18.0. The maximum absolute atomic E-state index is 14.2. The van der Waals surface area contributed by atoms with Crippen molar-refractivity contribution < 1.29 is 33.7 Å². The van der Waals surface area contributed by atoms with Gasteiger partial charge in [0.2, 0.25) is 5.91 Å². The maximum atomic E-state index is 14.2. The zero-order chi connectivity index (χ0) is 26.0. The molecule has 198 valence electrons. The number of aliphatic hydroxyl groups is 1. The molecule has 9 nitrogen and oxygen atoms in total. The number of ether oxygens (including phenoxy) is 3. The Morgan fingerprint density at radius 3 is 2.59 bits per heavy atom. The van der Waals surface area contributed by atoms with Gasteiger partial charge in [-0.2, -0.15) is 0 Å². The Morgan fingerprint density at radius 2 is 1.84 bits per heavy atom. The Balaban J connectivity index is 1.52. The highest BCUT2D eigenvalue weighted by molar-refractivity contribution is 6.05. The van der Waals surface area contributed by atoms with Crippen LogP contribution >= 0.6 is 0 Å². The summed E-state index contributed by atoms with van der Waals surface area (Å²) in [4.78, 5) is 44.6. The third kappa shape index (κ3) is 4.44. The molecule has 4 heterocycles. The third-order valence-corrected chi connectivity index (χ3v) is 7.81. The van der Waals surface area contributed by atoms with Crippen molar-refractivity contribution in [2.75, 3.05) is 38.3 Å². The first-order valence-electron chi connectivity index (χ1n) is 13.1. The molecule has 2 fully saturated rings. The number of unbranched alkanes of at least 4 members (excludes halogenated alkanes) is 3. The van der Waals surface area contributed by atoms with Crippen molar-refractivity contribution >= 4 is 23.5 Å². The summed E-state index contributed by atoms with van der Waals surface area (Å²) in [5.74, 6) is -1.92. The highest BCUT2D eigenvalue weighted by Gasteiger charge is 2.71. The lowest BCUT2D eigenvalue weighted by Crippen LogP contribution is -2.55.